The van der Waals surface area contributed by atoms with Gasteiger partial charge in [-0.1, -0.05) is 24.3 Å². The van der Waals surface area contributed by atoms with E-state index in [1.54, 1.807) is 12.1 Å². The Morgan fingerprint density at radius 3 is 1.92 bits per heavy atom. The fourth-order valence-electron chi connectivity index (χ4n) is 2.79. The summed E-state index contributed by atoms with van der Waals surface area (Å²) in [6, 6.07) is 12.3. The van der Waals surface area contributed by atoms with Crippen LogP contribution in [0.25, 0.3) is 21.5 Å². The maximum absolute atomic E-state index is 11.6. The van der Waals surface area contributed by atoms with Gasteiger partial charge in [-0.2, -0.15) is 0 Å². The molecular weight excluding hydrogens is 336 g/mol. The fourth-order valence-corrected chi connectivity index (χ4v) is 2.79. The van der Waals surface area contributed by atoms with Gasteiger partial charge in [0.25, 0.3) is 0 Å². The first kappa shape index (κ1) is 17.4. The van der Waals surface area contributed by atoms with Gasteiger partial charge < -0.3 is 14.2 Å². The molecule has 6 nitrogen and oxygen atoms in total. The highest BCUT2D eigenvalue weighted by atomic mass is 16.6. The minimum absolute atomic E-state index is 0.101. The maximum Gasteiger partial charge on any atom is 0.308 e. The smallest absolute Gasteiger partial charge is 0.308 e. The van der Waals surface area contributed by atoms with Crippen LogP contribution in [0.5, 0.6) is 17.2 Å². The zero-order valence-corrected chi connectivity index (χ0v) is 14.5. The second kappa shape index (κ2) is 6.84. The lowest BCUT2D eigenvalue weighted by Gasteiger charge is -2.15. The number of ether oxygens (including phenoxy) is 3. The first-order valence-electron chi connectivity index (χ1n) is 7.90. The van der Waals surface area contributed by atoms with Crippen LogP contribution in [0, 0.1) is 0 Å². The van der Waals surface area contributed by atoms with E-state index in [4.69, 9.17) is 14.2 Å². The number of carbonyl (C=O) groups is 3. The largest absolute Gasteiger partial charge is 0.425 e. The summed E-state index contributed by atoms with van der Waals surface area (Å²) in [5.74, 6) is -1.01. The predicted octanol–water partition coefficient (Wildman–Crippen LogP) is 3.77. The summed E-state index contributed by atoms with van der Waals surface area (Å²) in [5.41, 5.74) is 0. The van der Waals surface area contributed by atoms with E-state index in [0.717, 1.165) is 10.8 Å². The Labute approximate surface area is 149 Å². The summed E-state index contributed by atoms with van der Waals surface area (Å²) in [7, 11) is 0. The molecule has 0 amide bonds. The van der Waals surface area contributed by atoms with Crippen LogP contribution in [0.1, 0.15) is 20.8 Å². The van der Waals surface area contributed by atoms with Crippen molar-refractivity contribution in [1.29, 1.82) is 0 Å². The number of benzene rings is 3. The van der Waals surface area contributed by atoms with E-state index < -0.39 is 17.9 Å². The van der Waals surface area contributed by atoms with Crippen molar-refractivity contribution in [2.24, 2.45) is 0 Å². The van der Waals surface area contributed by atoms with Crippen molar-refractivity contribution in [1.82, 2.24) is 0 Å². The van der Waals surface area contributed by atoms with Gasteiger partial charge >= 0.3 is 17.9 Å². The van der Waals surface area contributed by atoms with Crippen LogP contribution in [0.2, 0.25) is 0 Å². The average Bonchev–Trinajstić information content (AvgIpc) is 2.56. The fraction of sp³-hybridized carbons (Fsp3) is 0.150. The third-order valence-electron chi connectivity index (χ3n) is 3.66. The predicted molar refractivity (Wildman–Crippen MR) is 95.4 cm³/mol. The Kier molecular flexibility index (Phi) is 4.58. The van der Waals surface area contributed by atoms with Gasteiger partial charge in [0.05, 0.1) is 0 Å². The molecule has 0 heterocycles. The van der Waals surface area contributed by atoms with Crippen molar-refractivity contribution in [3.63, 3.8) is 0 Å². The zero-order valence-electron chi connectivity index (χ0n) is 14.5. The first-order chi connectivity index (χ1) is 12.4. The average molecular weight is 352 g/mol. The van der Waals surface area contributed by atoms with E-state index in [-0.39, 0.29) is 11.5 Å². The zero-order chi connectivity index (χ0) is 18.8. The van der Waals surface area contributed by atoms with Gasteiger partial charge in [-0.05, 0) is 23.6 Å². The lowest BCUT2D eigenvalue weighted by molar-refractivity contribution is -0.134. The summed E-state index contributed by atoms with van der Waals surface area (Å²) >= 11 is 0. The Bertz CT molecular complexity index is 1050. The van der Waals surface area contributed by atoms with Crippen molar-refractivity contribution in [3.8, 4) is 17.2 Å². The van der Waals surface area contributed by atoms with Crippen molar-refractivity contribution in [2.75, 3.05) is 0 Å². The molecule has 0 spiro atoms. The van der Waals surface area contributed by atoms with E-state index >= 15 is 0 Å². The van der Waals surface area contributed by atoms with Crippen LogP contribution in [0.3, 0.4) is 0 Å². The summed E-state index contributed by atoms with van der Waals surface area (Å²) in [6.45, 7) is 3.82. The summed E-state index contributed by atoms with van der Waals surface area (Å²) < 4.78 is 15.9. The number of rotatable bonds is 3. The molecule has 26 heavy (non-hydrogen) atoms. The molecule has 0 N–H and O–H groups in total. The molecule has 132 valence electrons. The van der Waals surface area contributed by atoms with Crippen LogP contribution in [0.4, 0.5) is 0 Å². The maximum atomic E-state index is 11.6. The van der Waals surface area contributed by atoms with Crippen molar-refractivity contribution >= 4 is 39.5 Å². The lowest BCUT2D eigenvalue weighted by atomic mass is 10.0. The third kappa shape index (κ3) is 3.35. The molecule has 0 fully saturated rings. The molecular formula is C20H16O6. The molecule has 3 aromatic rings. The van der Waals surface area contributed by atoms with E-state index in [0.29, 0.717) is 16.5 Å². The Morgan fingerprint density at radius 2 is 1.27 bits per heavy atom. The second-order valence-electron chi connectivity index (χ2n) is 5.70. The highest BCUT2D eigenvalue weighted by Gasteiger charge is 2.19. The van der Waals surface area contributed by atoms with Crippen LogP contribution in [0.15, 0.2) is 42.5 Å². The molecule has 0 aliphatic rings. The standard InChI is InChI=1S/C20H16O6/c1-11(21)24-18-9-8-16-17(20(18)26-13(3)23)10-14-6-4-5-7-15(14)19(16)25-12(2)22/h4-10H,1-3H3. The van der Waals surface area contributed by atoms with Gasteiger partial charge in [-0.3, -0.25) is 14.4 Å². The molecule has 0 aliphatic heterocycles. The van der Waals surface area contributed by atoms with Gasteiger partial charge in [0.15, 0.2) is 11.5 Å². The molecule has 3 aromatic carbocycles. The van der Waals surface area contributed by atoms with E-state index in [1.807, 2.05) is 24.3 Å². The number of carbonyl (C=O) groups excluding carboxylic acids is 3. The molecule has 3 rings (SSSR count). The van der Waals surface area contributed by atoms with Crippen molar-refractivity contribution < 1.29 is 28.6 Å². The van der Waals surface area contributed by atoms with Gasteiger partial charge in [0, 0.05) is 36.9 Å². The highest BCUT2D eigenvalue weighted by molar-refractivity contribution is 6.09. The molecule has 0 unspecified atom stereocenters. The molecule has 0 saturated carbocycles. The molecule has 0 bridgehead atoms. The number of hydrogen-bond acceptors (Lipinski definition) is 6. The lowest BCUT2D eigenvalue weighted by Crippen LogP contribution is -2.08. The summed E-state index contributed by atoms with van der Waals surface area (Å²) in [6.07, 6.45) is 0. The minimum atomic E-state index is -0.562. The van der Waals surface area contributed by atoms with Crippen LogP contribution in [-0.4, -0.2) is 17.9 Å². The van der Waals surface area contributed by atoms with Gasteiger partial charge in [-0.15, -0.1) is 0 Å². The second-order valence-corrected chi connectivity index (χ2v) is 5.70. The Hall–Kier alpha value is -3.41. The third-order valence-corrected chi connectivity index (χ3v) is 3.66. The molecule has 6 heteroatoms. The van der Waals surface area contributed by atoms with Crippen molar-refractivity contribution in [3.05, 3.63) is 42.5 Å². The van der Waals surface area contributed by atoms with Gasteiger partial charge in [0.2, 0.25) is 0 Å². The molecule has 0 atom stereocenters. The number of hydrogen-bond donors (Lipinski definition) is 0. The Balaban J connectivity index is 2.41. The van der Waals surface area contributed by atoms with Crippen molar-refractivity contribution in [2.45, 2.75) is 20.8 Å². The van der Waals surface area contributed by atoms with E-state index in [2.05, 4.69) is 0 Å². The van der Waals surface area contributed by atoms with E-state index in [9.17, 15) is 14.4 Å². The molecule has 0 aromatic heterocycles. The van der Waals surface area contributed by atoms with Gasteiger partial charge in [0.1, 0.15) is 5.75 Å². The monoisotopic (exact) mass is 352 g/mol. The van der Waals surface area contributed by atoms with Crippen LogP contribution in [-0.2, 0) is 14.4 Å². The number of fused-ring (bicyclic) bond motifs is 2. The topological polar surface area (TPSA) is 78.9 Å². The molecule has 0 radical (unpaired) electrons. The minimum Gasteiger partial charge on any atom is -0.425 e. The normalized spacial score (nSPS) is 10.6. The first-order valence-corrected chi connectivity index (χ1v) is 7.90. The summed E-state index contributed by atoms with van der Waals surface area (Å²) in [4.78, 5) is 34.6. The van der Waals surface area contributed by atoms with Gasteiger partial charge in [-0.25, -0.2) is 0 Å². The quantitative estimate of drug-likeness (QED) is 0.406. The number of esters is 3. The van der Waals surface area contributed by atoms with E-state index in [1.165, 1.54) is 26.8 Å². The Morgan fingerprint density at radius 1 is 0.654 bits per heavy atom. The highest BCUT2D eigenvalue weighted by Crippen LogP contribution is 2.43. The van der Waals surface area contributed by atoms with Crippen LogP contribution < -0.4 is 14.2 Å². The van der Waals surface area contributed by atoms with Crippen LogP contribution >= 0.6 is 0 Å². The molecule has 0 saturated heterocycles. The summed E-state index contributed by atoms with van der Waals surface area (Å²) in [5, 5.41) is 2.58. The molecule has 0 aliphatic carbocycles. The SMILES string of the molecule is CC(=O)Oc1ccc2c(OC(C)=O)c3ccccc3cc2c1OC(C)=O.